The second-order valence-corrected chi connectivity index (χ2v) is 8.15. The van der Waals surface area contributed by atoms with E-state index in [9.17, 15) is 9.18 Å². The van der Waals surface area contributed by atoms with Crippen molar-refractivity contribution in [1.82, 2.24) is 19.9 Å². The monoisotopic (exact) mass is 433 g/mol. The molecule has 166 valence electrons. The van der Waals surface area contributed by atoms with Gasteiger partial charge in [-0.25, -0.2) is 14.4 Å². The molecule has 1 amide bonds. The third-order valence-electron chi connectivity index (χ3n) is 6.02. The molecule has 1 atom stereocenters. The third kappa shape index (κ3) is 4.93. The van der Waals surface area contributed by atoms with Crippen LogP contribution < -0.4 is 5.32 Å². The number of benzene rings is 1. The van der Waals surface area contributed by atoms with E-state index in [1.807, 2.05) is 23.1 Å². The van der Waals surface area contributed by atoms with E-state index in [0.717, 1.165) is 37.1 Å². The van der Waals surface area contributed by atoms with Crippen molar-refractivity contribution in [1.29, 1.82) is 0 Å². The smallest absolute Gasteiger partial charge is 0.225 e. The fraction of sp³-hybridized carbons (Fsp3) is 0.360. The summed E-state index contributed by atoms with van der Waals surface area (Å²) in [6, 6.07) is 11.9. The number of amides is 1. The Morgan fingerprint density at radius 2 is 1.94 bits per heavy atom. The van der Waals surface area contributed by atoms with Gasteiger partial charge in [-0.15, -0.1) is 0 Å². The summed E-state index contributed by atoms with van der Waals surface area (Å²) in [6.07, 6.45) is 5.98. The van der Waals surface area contributed by atoms with Crippen molar-refractivity contribution in [2.24, 2.45) is 5.92 Å². The van der Waals surface area contributed by atoms with Crippen molar-refractivity contribution in [3.8, 4) is 11.3 Å². The predicted octanol–water partition coefficient (Wildman–Crippen LogP) is 5.17. The van der Waals surface area contributed by atoms with Gasteiger partial charge in [-0.05, 0) is 49.6 Å². The molecule has 0 radical (unpaired) electrons. The third-order valence-corrected chi connectivity index (χ3v) is 6.02. The molecule has 0 saturated carbocycles. The van der Waals surface area contributed by atoms with Gasteiger partial charge in [0.1, 0.15) is 17.5 Å². The highest BCUT2D eigenvalue weighted by atomic mass is 19.1. The normalized spacial score (nSPS) is 15.9. The van der Waals surface area contributed by atoms with Gasteiger partial charge >= 0.3 is 0 Å². The van der Waals surface area contributed by atoms with E-state index in [1.165, 1.54) is 12.1 Å². The van der Waals surface area contributed by atoms with Crippen LogP contribution in [0.25, 0.3) is 11.3 Å². The fourth-order valence-corrected chi connectivity index (χ4v) is 4.16. The second kappa shape index (κ2) is 9.85. The highest BCUT2D eigenvalue weighted by molar-refractivity contribution is 5.79. The average Bonchev–Trinajstić information content (AvgIpc) is 3.31. The molecule has 0 bridgehead atoms. The van der Waals surface area contributed by atoms with E-state index in [4.69, 9.17) is 9.97 Å². The Balaban J connectivity index is 1.63. The lowest BCUT2D eigenvalue weighted by molar-refractivity contribution is -0.134. The Labute approximate surface area is 187 Å². The van der Waals surface area contributed by atoms with E-state index < -0.39 is 0 Å². The molecule has 0 unspecified atom stereocenters. The summed E-state index contributed by atoms with van der Waals surface area (Å²) in [5.41, 5.74) is 2.31. The van der Waals surface area contributed by atoms with E-state index in [0.29, 0.717) is 23.9 Å². The first-order valence-corrected chi connectivity index (χ1v) is 11.2. The maximum Gasteiger partial charge on any atom is 0.225 e. The zero-order valence-electron chi connectivity index (χ0n) is 18.5. The maximum absolute atomic E-state index is 13.7. The molecule has 0 spiro atoms. The number of rotatable bonds is 7. The van der Waals surface area contributed by atoms with Crippen molar-refractivity contribution in [2.75, 3.05) is 18.4 Å². The quantitative estimate of drug-likeness (QED) is 0.556. The lowest BCUT2D eigenvalue weighted by atomic mass is 10.0. The Kier molecular flexibility index (Phi) is 6.73. The molecule has 32 heavy (non-hydrogen) atoms. The van der Waals surface area contributed by atoms with Crippen LogP contribution in [0.3, 0.4) is 0 Å². The van der Waals surface area contributed by atoms with Gasteiger partial charge in [-0.3, -0.25) is 9.78 Å². The number of anilines is 2. The van der Waals surface area contributed by atoms with Gasteiger partial charge in [0.15, 0.2) is 0 Å². The number of likely N-dealkylation sites (tertiary alicyclic amines) is 1. The van der Waals surface area contributed by atoms with Crippen molar-refractivity contribution in [2.45, 2.75) is 39.0 Å². The number of carbonyl (C=O) groups excluding carboxylic acids is 1. The number of hydrogen-bond donors (Lipinski definition) is 1. The van der Waals surface area contributed by atoms with Gasteiger partial charge in [0.25, 0.3) is 0 Å². The minimum atomic E-state index is -0.315. The molecular formula is C25H28FN5O. The topological polar surface area (TPSA) is 71.0 Å². The SMILES string of the molecule is CCC(CC)C(=O)N1CC[C@H](c2nc(Nc3cccc(F)c3)cc(-c3ccncc3)n2)C1. The maximum atomic E-state index is 13.7. The molecule has 7 heteroatoms. The molecule has 1 N–H and O–H groups in total. The lowest BCUT2D eigenvalue weighted by Gasteiger charge is -2.21. The first-order chi connectivity index (χ1) is 15.6. The van der Waals surface area contributed by atoms with Crippen LogP contribution in [0.15, 0.2) is 54.9 Å². The first-order valence-electron chi connectivity index (χ1n) is 11.2. The van der Waals surface area contributed by atoms with Gasteiger partial charge in [0.2, 0.25) is 5.91 Å². The minimum Gasteiger partial charge on any atom is -0.342 e. The number of nitrogens with zero attached hydrogens (tertiary/aromatic N) is 4. The summed E-state index contributed by atoms with van der Waals surface area (Å²) >= 11 is 0. The van der Waals surface area contributed by atoms with Gasteiger partial charge in [-0.1, -0.05) is 19.9 Å². The van der Waals surface area contributed by atoms with E-state index in [1.54, 1.807) is 24.5 Å². The Hall–Kier alpha value is -3.35. The van der Waals surface area contributed by atoms with E-state index in [2.05, 4.69) is 24.1 Å². The number of aromatic nitrogens is 3. The van der Waals surface area contributed by atoms with Crippen LogP contribution >= 0.6 is 0 Å². The van der Waals surface area contributed by atoms with Gasteiger partial charge in [0.05, 0.1) is 5.69 Å². The summed E-state index contributed by atoms with van der Waals surface area (Å²) in [5.74, 6) is 1.33. The van der Waals surface area contributed by atoms with Crippen molar-refractivity contribution in [3.05, 3.63) is 66.5 Å². The molecule has 1 saturated heterocycles. The molecule has 1 aliphatic rings. The second-order valence-electron chi connectivity index (χ2n) is 8.15. The molecule has 1 aromatic carbocycles. The Morgan fingerprint density at radius 3 is 2.66 bits per heavy atom. The number of carbonyl (C=O) groups is 1. The fourth-order valence-electron chi connectivity index (χ4n) is 4.16. The van der Waals surface area contributed by atoms with Crippen LogP contribution in [0.5, 0.6) is 0 Å². The Bertz CT molecular complexity index is 1070. The molecule has 1 aliphatic heterocycles. The first kappa shape index (κ1) is 21.9. The predicted molar refractivity (Wildman–Crippen MR) is 123 cm³/mol. The average molecular weight is 434 g/mol. The zero-order chi connectivity index (χ0) is 22.5. The number of pyridine rings is 1. The van der Waals surface area contributed by atoms with Crippen LogP contribution in [0.1, 0.15) is 44.9 Å². The number of halogens is 1. The van der Waals surface area contributed by atoms with Crippen LogP contribution in [0.4, 0.5) is 15.9 Å². The summed E-state index contributed by atoms with van der Waals surface area (Å²) in [7, 11) is 0. The highest BCUT2D eigenvalue weighted by Crippen LogP contribution is 2.30. The summed E-state index contributed by atoms with van der Waals surface area (Å²) in [6.45, 7) is 5.46. The summed E-state index contributed by atoms with van der Waals surface area (Å²) < 4.78 is 13.7. The number of hydrogen-bond acceptors (Lipinski definition) is 5. The molecule has 4 rings (SSSR count). The van der Waals surface area contributed by atoms with Crippen molar-refractivity contribution >= 4 is 17.4 Å². The summed E-state index contributed by atoms with van der Waals surface area (Å²) in [4.78, 5) is 28.5. The standard InChI is InChI=1S/C25H28FN5O/c1-3-17(4-2)25(32)31-13-10-19(16-31)24-29-22(18-8-11-27-12-9-18)15-23(30-24)28-21-7-5-6-20(26)14-21/h5-9,11-12,14-15,17,19H,3-4,10,13,16H2,1-2H3,(H,28,29,30)/t19-/m0/s1. The molecule has 1 fully saturated rings. The number of nitrogens with one attached hydrogen (secondary N) is 1. The van der Waals surface area contributed by atoms with Gasteiger partial charge < -0.3 is 10.2 Å². The van der Waals surface area contributed by atoms with Gasteiger partial charge in [-0.2, -0.15) is 0 Å². The highest BCUT2D eigenvalue weighted by Gasteiger charge is 2.32. The molecule has 3 heterocycles. The summed E-state index contributed by atoms with van der Waals surface area (Å²) in [5, 5.41) is 3.20. The molecule has 6 nitrogen and oxygen atoms in total. The molecular weight excluding hydrogens is 405 g/mol. The van der Waals surface area contributed by atoms with E-state index >= 15 is 0 Å². The molecule has 3 aromatic rings. The van der Waals surface area contributed by atoms with Crippen molar-refractivity contribution in [3.63, 3.8) is 0 Å². The zero-order valence-corrected chi connectivity index (χ0v) is 18.5. The molecule has 2 aromatic heterocycles. The van der Waals surface area contributed by atoms with E-state index in [-0.39, 0.29) is 23.6 Å². The lowest BCUT2D eigenvalue weighted by Crippen LogP contribution is -2.34. The largest absolute Gasteiger partial charge is 0.342 e. The van der Waals surface area contributed by atoms with Gasteiger partial charge in [0, 0.05) is 54.6 Å². The van der Waals surface area contributed by atoms with Crippen molar-refractivity contribution < 1.29 is 9.18 Å². The van der Waals surface area contributed by atoms with Crippen LogP contribution in [0, 0.1) is 11.7 Å². The minimum absolute atomic E-state index is 0.0585. The van der Waals surface area contributed by atoms with Crippen LogP contribution in [0.2, 0.25) is 0 Å². The Morgan fingerprint density at radius 1 is 1.16 bits per heavy atom. The van der Waals surface area contributed by atoms with Crippen LogP contribution in [-0.2, 0) is 4.79 Å². The van der Waals surface area contributed by atoms with Crippen LogP contribution in [-0.4, -0.2) is 38.8 Å². The molecule has 0 aliphatic carbocycles.